The van der Waals surface area contributed by atoms with E-state index < -0.39 is 12.1 Å². The summed E-state index contributed by atoms with van der Waals surface area (Å²) in [6.07, 6.45) is 0.980. The van der Waals surface area contributed by atoms with Crippen molar-refractivity contribution in [2.24, 2.45) is 0 Å². The van der Waals surface area contributed by atoms with Crippen molar-refractivity contribution >= 4 is 29.3 Å². The second-order valence-electron chi connectivity index (χ2n) is 6.47. The minimum absolute atomic E-state index is 0.00466. The number of carbonyl (C=O) groups is 2. The molecule has 1 atom stereocenters. The number of Topliss-reactive ketones (excluding diaryl/α,β-unsaturated/α-hetero) is 1. The summed E-state index contributed by atoms with van der Waals surface area (Å²) in [5, 5.41) is 4.98. The number of esters is 1. The Balaban J connectivity index is 1.73. The van der Waals surface area contributed by atoms with Gasteiger partial charge in [-0.15, -0.1) is 5.10 Å². The van der Waals surface area contributed by atoms with Gasteiger partial charge >= 0.3 is 5.97 Å². The number of rotatable bonds is 7. The Hall–Kier alpha value is -2.94. The molecule has 3 rings (SSSR count). The highest BCUT2D eigenvalue weighted by Crippen LogP contribution is 2.18. The van der Waals surface area contributed by atoms with Crippen LogP contribution in [0.15, 0.2) is 29.4 Å². The van der Waals surface area contributed by atoms with Gasteiger partial charge in [0.2, 0.25) is 10.9 Å². The summed E-state index contributed by atoms with van der Waals surface area (Å²) < 4.78 is 12.1. The molecule has 3 aromatic rings. The Kier molecular flexibility index (Phi) is 6.17. The van der Waals surface area contributed by atoms with Crippen LogP contribution in [0.3, 0.4) is 0 Å². The lowest BCUT2D eigenvalue weighted by Gasteiger charge is -2.14. The molecule has 9 heteroatoms. The van der Waals surface area contributed by atoms with Crippen LogP contribution in [0.1, 0.15) is 34.2 Å². The second-order valence-corrected chi connectivity index (χ2v) is 7.25. The van der Waals surface area contributed by atoms with Crippen LogP contribution in [-0.2, 0) is 16.0 Å². The molecular formula is C20H22N4O4S. The Bertz CT molecular complexity index is 1060. The molecule has 0 spiro atoms. The zero-order chi connectivity index (χ0) is 21.1. The van der Waals surface area contributed by atoms with Gasteiger partial charge in [0.25, 0.3) is 5.78 Å². The Morgan fingerprint density at radius 1 is 1.17 bits per heavy atom. The van der Waals surface area contributed by atoms with Crippen LogP contribution in [0.5, 0.6) is 5.75 Å². The van der Waals surface area contributed by atoms with Crippen LogP contribution in [0.25, 0.3) is 5.78 Å². The number of carbonyl (C=O) groups excluding carboxylic acids is 2. The number of thioether (sulfide) groups is 1. The number of ketones is 1. The van der Waals surface area contributed by atoms with Crippen LogP contribution >= 0.6 is 11.8 Å². The Morgan fingerprint density at radius 2 is 1.86 bits per heavy atom. The topological polar surface area (TPSA) is 95.7 Å². The minimum Gasteiger partial charge on any atom is -0.497 e. The van der Waals surface area contributed by atoms with Crippen molar-refractivity contribution in [1.29, 1.82) is 0 Å². The molecule has 0 bridgehead atoms. The first-order valence-electron chi connectivity index (χ1n) is 8.98. The van der Waals surface area contributed by atoms with E-state index >= 15 is 0 Å². The monoisotopic (exact) mass is 414 g/mol. The highest BCUT2D eigenvalue weighted by Gasteiger charge is 2.22. The van der Waals surface area contributed by atoms with E-state index in [2.05, 4.69) is 15.1 Å². The van der Waals surface area contributed by atoms with Crippen molar-refractivity contribution in [2.45, 2.75) is 38.5 Å². The molecule has 0 amide bonds. The number of ether oxygens (including phenoxy) is 2. The van der Waals surface area contributed by atoms with Crippen LogP contribution in [-0.4, -0.2) is 50.8 Å². The van der Waals surface area contributed by atoms with Gasteiger partial charge in [-0.1, -0.05) is 11.8 Å². The van der Waals surface area contributed by atoms with Gasteiger partial charge < -0.3 is 9.47 Å². The molecule has 152 valence electrons. The first kappa shape index (κ1) is 20.8. The minimum atomic E-state index is -0.900. The second kappa shape index (κ2) is 8.60. The fourth-order valence-corrected chi connectivity index (χ4v) is 3.30. The summed E-state index contributed by atoms with van der Waals surface area (Å²) in [6.45, 7) is 5.23. The van der Waals surface area contributed by atoms with Crippen LogP contribution in [0, 0.1) is 13.8 Å². The number of benzene rings is 1. The number of nitrogens with zero attached hydrogens (tertiary/aromatic N) is 4. The molecule has 0 saturated carbocycles. The van der Waals surface area contributed by atoms with E-state index in [1.807, 2.05) is 20.1 Å². The summed E-state index contributed by atoms with van der Waals surface area (Å²) in [5.74, 6) is 0.364. The number of methoxy groups -OCH3 is 1. The molecule has 0 aliphatic heterocycles. The van der Waals surface area contributed by atoms with Crippen LogP contribution < -0.4 is 4.74 Å². The lowest BCUT2D eigenvalue weighted by Crippen LogP contribution is -2.26. The van der Waals surface area contributed by atoms with Crippen molar-refractivity contribution in [2.75, 3.05) is 13.4 Å². The number of aryl methyl sites for hydroxylation is 2. The molecule has 29 heavy (non-hydrogen) atoms. The lowest BCUT2D eigenvalue weighted by molar-refractivity contribution is -0.145. The summed E-state index contributed by atoms with van der Waals surface area (Å²) in [7, 11) is 1.55. The number of hydrogen-bond donors (Lipinski definition) is 0. The van der Waals surface area contributed by atoms with Crippen molar-refractivity contribution in [1.82, 2.24) is 19.6 Å². The fraction of sp³-hybridized carbons (Fsp3) is 0.350. The zero-order valence-electron chi connectivity index (χ0n) is 16.9. The average molecular weight is 414 g/mol. The Morgan fingerprint density at radius 3 is 2.48 bits per heavy atom. The third-order valence-electron chi connectivity index (χ3n) is 4.59. The van der Waals surface area contributed by atoms with Gasteiger partial charge in [-0.3, -0.25) is 9.59 Å². The summed E-state index contributed by atoms with van der Waals surface area (Å²) >= 11 is 1.42. The molecule has 2 heterocycles. The lowest BCUT2D eigenvalue weighted by atomic mass is 10.1. The van der Waals surface area contributed by atoms with Gasteiger partial charge in [0.05, 0.1) is 13.5 Å². The van der Waals surface area contributed by atoms with E-state index in [0.717, 1.165) is 5.69 Å². The SMILES string of the molecule is COc1ccc(C(=O)[C@H](C)OC(=O)Cc2c(C)nc3nc(SC)nn3c2C)cc1. The van der Waals surface area contributed by atoms with Gasteiger partial charge in [-0.2, -0.15) is 4.98 Å². The molecule has 0 aliphatic rings. The van der Waals surface area contributed by atoms with Gasteiger partial charge in [0.1, 0.15) is 5.75 Å². The van der Waals surface area contributed by atoms with Crippen LogP contribution in [0.4, 0.5) is 0 Å². The third kappa shape index (κ3) is 4.40. The number of hydrogen-bond acceptors (Lipinski definition) is 8. The van der Waals surface area contributed by atoms with Gasteiger partial charge in [-0.25, -0.2) is 9.50 Å². The first-order valence-corrected chi connectivity index (χ1v) is 10.2. The zero-order valence-corrected chi connectivity index (χ0v) is 17.7. The summed E-state index contributed by atoms with van der Waals surface area (Å²) in [4.78, 5) is 33.8. The van der Waals surface area contributed by atoms with Crippen molar-refractivity contribution in [3.8, 4) is 5.75 Å². The normalized spacial score (nSPS) is 12.0. The maximum Gasteiger partial charge on any atom is 0.311 e. The van der Waals surface area contributed by atoms with E-state index in [0.29, 0.717) is 33.5 Å². The summed E-state index contributed by atoms with van der Waals surface area (Å²) in [5.41, 5.74) is 2.62. The number of fused-ring (bicyclic) bond motifs is 1. The van der Waals surface area contributed by atoms with E-state index in [4.69, 9.17) is 9.47 Å². The first-order chi connectivity index (χ1) is 13.8. The predicted molar refractivity (Wildman–Crippen MR) is 109 cm³/mol. The van der Waals surface area contributed by atoms with E-state index in [-0.39, 0.29) is 12.2 Å². The highest BCUT2D eigenvalue weighted by molar-refractivity contribution is 7.98. The molecule has 0 N–H and O–H groups in total. The van der Waals surface area contributed by atoms with Gasteiger partial charge in [0, 0.05) is 22.5 Å². The largest absolute Gasteiger partial charge is 0.497 e. The van der Waals surface area contributed by atoms with Crippen molar-refractivity contribution in [3.05, 3.63) is 46.8 Å². The molecular weight excluding hydrogens is 392 g/mol. The molecule has 1 aromatic carbocycles. The molecule has 8 nitrogen and oxygen atoms in total. The van der Waals surface area contributed by atoms with E-state index in [1.165, 1.54) is 11.8 Å². The van der Waals surface area contributed by atoms with Gasteiger partial charge in [0.15, 0.2) is 6.10 Å². The maximum atomic E-state index is 12.5. The quantitative estimate of drug-likeness (QED) is 0.331. The maximum absolute atomic E-state index is 12.5. The van der Waals surface area contributed by atoms with E-state index in [1.54, 1.807) is 42.8 Å². The summed E-state index contributed by atoms with van der Waals surface area (Å²) in [6, 6.07) is 6.67. The molecule has 0 fully saturated rings. The molecule has 0 radical (unpaired) electrons. The number of aromatic nitrogens is 4. The third-order valence-corrected chi connectivity index (χ3v) is 5.12. The van der Waals surface area contributed by atoms with E-state index in [9.17, 15) is 9.59 Å². The van der Waals surface area contributed by atoms with Gasteiger partial charge in [-0.05, 0) is 51.3 Å². The fourth-order valence-electron chi connectivity index (χ4n) is 2.96. The molecule has 2 aromatic heterocycles. The highest BCUT2D eigenvalue weighted by atomic mass is 32.2. The molecule has 0 aliphatic carbocycles. The predicted octanol–water partition coefficient (Wildman–Crippen LogP) is 2.83. The van der Waals surface area contributed by atoms with Crippen molar-refractivity contribution in [3.63, 3.8) is 0 Å². The molecule has 0 unspecified atom stereocenters. The van der Waals surface area contributed by atoms with Crippen LogP contribution in [0.2, 0.25) is 0 Å². The molecule has 0 saturated heterocycles. The standard InChI is InChI=1S/C20H22N4O4S/c1-11-16(12(2)24-19(21-11)22-20(23-24)29-5)10-17(25)28-13(3)18(26)14-6-8-15(27-4)9-7-14/h6-9,13H,10H2,1-5H3/t13-/m0/s1. The average Bonchev–Trinajstić information content (AvgIpc) is 3.13. The van der Waals surface area contributed by atoms with Crippen molar-refractivity contribution < 1.29 is 19.1 Å². The Labute approximate surface area is 172 Å². The smallest absolute Gasteiger partial charge is 0.311 e.